The average molecular weight is 408 g/mol. The lowest BCUT2D eigenvalue weighted by molar-refractivity contribution is 0.126. The van der Waals surface area contributed by atoms with Crippen LogP contribution in [-0.4, -0.2) is 12.3 Å². The second-order valence-electron chi connectivity index (χ2n) is 8.27. The quantitative estimate of drug-likeness (QED) is 0.460. The lowest BCUT2D eigenvalue weighted by Crippen LogP contribution is -2.32. The highest BCUT2D eigenvalue weighted by Gasteiger charge is 2.46. The van der Waals surface area contributed by atoms with Crippen LogP contribution in [-0.2, 0) is 0 Å². The van der Waals surface area contributed by atoms with Crippen molar-refractivity contribution in [2.75, 3.05) is 0 Å². The van der Waals surface area contributed by atoms with Gasteiger partial charge in [-0.15, -0.1) is 0 Å². The van der Waals surface area contributed by atoms with Crippen LogP contribution in [0.1, 0.15) is 17.5 Å². The Kier molecular flexibility index (Phi) is 4.53. The molecular weight excluding hydrogens is 388 g/mol. The summed E-state index contributed by atoms with van der Waals surface area (Å²) in [5, 5.41) is 0. The zero-order chi connectivity index (χ0) is 21.0. The number of hydrogen-bond acceptors (Lipinski definition) is 0. The van der Waals surface area contributed by atoms with E-state index in [9.17, 15) is 13.2 Å². The van der Waals surface area contributed by atoms with E-state index >= 15 is 4.39 Å². The summed E-state index contributed by atoms with van der Waals surface area (Å²) in [5.74, 6) is -3.03. The fraction of sp³-hybridized carbons (Fsp3) is 0.231. The van der Waals surface area contributed by atoms with Gasteiger partial charge in [0, 0.05) is 11.5 Å². The SMILES string of the molecule is Cc1ccc(-c2ccc(C3=C[C@H]4C5=CC=C(C5)C(F)C(F)C4C(F)=C3)c(F)c2)cc1. The van der Waals surface area contributed by atoms with Crippen LogP contribution in [0, 0.1) is 24.6 Å². The Morgan fingerprint density at radius 1 is 0.867 bits per heavy atom. The first-order chi connectivity index (χ1) is 14.4. The summed E-state index contributed by atoms with van der Waals surface area (Å²) in [6.07, 6.45) is 2.71. The second-order valence-corrected chi connectivity index (χ2v) is 8.27. The van der Waals surface area contributed by atoms with E-state index < -0.39 is 35.8 Å². The van der Waals surface area contributed by atoms with E-state index in [0.29, 0.717) is 17.6 Å². The minimum atomic E-state index is -1.95. The number of halogens is 4. The number of alkyl halides is 2. The molecule has 30 heavy (non-hydrogen) atoms. The largest absolute Gasteiger partial charge is 0.243 e. The van der Waals surface area contributed by atoms with E-state index in [1.165, 1.54) is 6.07 Å². The highest BCUT2D eigenvalue weighted by atomic mass is 19.2. The van der Waals surface area contributed by atoms with Crippen LogP contribution in [0.5, 0.6) is 0 Å². The van der Waals surface area contributed by atoms with E-state index in [2.05, 4.69) is 0 Å². The van der Waals surface area contributed by atoms with Gasteiger partial charge in [-0.25, -0.2) is 17.6 Å². The highest BCUT2D eigenvalue weighted by molar-refractivity contribution is 5.79. The minimum Gasteiger partial charge on any atom is -0.243 e. The van der Waals surface area contributed by atoms with Gasteiger partial charge < -0.3 is 0 Å². The predicted octanol–water partition coefficient (Wildman–Crippen LogP) is 7.23. The number of allylic oxidation sites excluding steroid dienone is 8. The molecule has 0 radical (unpaired) electrons. The van der Waals surface area contributed by atoms with E-state index in [1.807, 2.05) is 31.2 Å². The molecule has 0 N–H and O–H groups in total. The van der Waals surface area contributed by atoms with Crippen molar-refractivity contribution in [3.05, 3.63) is 101 Å². The molecule has 0 heterocycles. The van der Waals surface area contributed by atoms with Crippen LogP contribution in [0.15, 0.2) is 83.7 Å². The van der Waals surface area contributed by atoms with Crippen molar-refractivity contribution in [1.29, 1.82) is 0 Å². The van der Waals surface area contributed by atoms with Gasteiger partial charge in [-0.2, -0.15) is 0 Å². The zero-order valence-electron chi connectivity index (χ0n) is 16.4. The van der Waals surface area contributed by atoms with Crippen LogP contribution in [0.25, 0.3) is 16.7 Å². The molecule has 2 bridgehead atoms. The summed E-state index contributed by atoms with van der Waals surface area (Å²) in [5.41, 5.74) is 4.46. The summed E-state index contributed by atoms with van der Waals surface area (Å²) >= 11 is 0. The second kappa shape index (κ2) is 7.12. The summed E-state index contributed by atoms with van der Waals surface area (Å²) in [4.78, 5) is 0. The highest BCUT2D eigenvalue weighted by Crippen LogP contribution is 2.49. The first-order valence-corrected chi connectivity index (χ1v) is 10.1. The molecule has 3 aliphatic rings. The van der Waals surface area contributed by atoms with E-state index in [1.54, 1.807) is 30.4 Å². The summed E-state index contributed by atoms with van der Waals surface area (Å²) in [6.45, 7) is 1.98. The fourth-order valence-corrected chi connectivity index (χ4v) is 4.66. The van der Waals surface area contributed by atoms with Crippen molar-refractivity contribution in [1.82, 2.24) is 0 Å². The topological polar surface area (TPSA) is 0 Å². The molecule has 5 rings (SSSR count). The van der Waals surface area contributed by atoms with Crippen LogP contribution in [0.4, 0.5) is 17.6 Å². The first kappa shape index (κ1) is 19.1. The molecule has 0 amide bonds. The van der Waals surface area contributed by atoms with Crippen LogP contribution in [0.3, 0.4) is 0 Å². The molecule has 4 atom stereocenters. The van der Waals surface area contributed by atoms with Gasteiger partial charge >= 0.3 is 0 Å². The van der Waals surface area contributed by atoms with Gasteiger partial charge in [0.15, 0.2) is 6.17 Å². The predicted molar refractivity (Wildman–Crippen MR) is 111 cm³/mol. The van der Waals surface area contributed by atoms with E-state index in [-0.39, 0.29) is 5.56 Å². The summed E-state index contributed by atoms with van der Waals surface area (Å²) < 4.78 is 59.1. The number of hydrogen-bond donors (Lipinski definition) is 0. The van der Waals surface area contributed by atoms with Crippen molar-refractivity contribution in [3.63, 3.8) is 0 Å². The van der Waals surface area contributed by atoms with Crippen LogP contribution >= 0.6 is 0 Å². The van der Waals surface area contributed by atoms with Gasteiger partial charge in [0.25, 0.3) is 0 Å². The van der Waals surface area contributed by atoms with Gasteiger partial charge in [0.2, 0.25) is 0 Å². The molecule has 4 heteroatoms. The number of aryl methyl sites for hydroxylation is 1. The van der Waals surface area contributed by atoms with Crippen molar-refractivity contribution in [3.8, 4) is 11.1 Å². The third-order valence-electron chi connectivity index (χ3n) is 6.35. The van der Waals surface area contributed by atoms with Gasteiger partial charge in [-0.1, -0.05) is 65.8 Å². The third kappa shape index (κ3) is 3.06. The number of rotatable bonds is 2. The molecule has 1 fully saturated rings. The van der Waals surface area contributed by atoms with Gasteiger partial charge in [0.05, 0.1) is 5.92 Å². The number of fused-ring (bicyclic) bond motifs is 4. The number of benzene rings is 2. The molecule has 0 aliphatic heterocycles. The fourth-order valence-electron chi connectivity index (χ4n) is 4.66. The Hall–Kier alpha value is -2.88. The molecular formula is C26H20F4. The maximum Gasteiger partial charge on any atom is 0.154 e. The van der Waals surface area contributed by atoms with Crippen molar-refractivity contribution in [2.45, 2.75) is 25.7 Å². The maximum atomic E-state index is 15.0. The van der Waals surface area contributed by atoms with Gasteiger partial charge in [-0.3, -0.25) is 0 Å². The standard InChI is InChI=1S/C26H20F4/c1-14-2-4-15(5-3-14)16-8-9-20(22(27)12-16)19-11-21-17-6-7-18(10-17)25(29)26(30)24(21)23(28)13-19/h2-9,11-13,21,24-26H,10H2,1H3/t21-,24?,25?,26?/m0/s1. The van der Waals surface area contributed by atoms with Crippen molar-refractivity contribution < 1.29 is 17.6 Å². The monoisotopic (exact) mass is 408 g/mol. The van der Waals surface area contributed by atoms with E-state index in [4.69, 9.17) is 0 Å². The molecule has 3 aliphatic carbocycles. The molecule has 152 valence electrons. The van der Waals surface area contributed by atoms with Crippen molar-refractivity contribution >= 4 is 5.57 Å². The first-order valence-electron chi connectivity index (χ1n) is 10.1. The Labute approximate surface area is 172 Å². The van der Waals surface area contributed by atoms with Gasteiger partial charge in [0.1, 0.15) is 17.8 Å². The smallest absolute Gasteiger partial charge is 0.154 e. The van der Waals surface area contributed by atoms with Gasteiger partial charge in [-0.05, 0) is 47.8 Å². The molecule has 0 spiro atoms. The zero-order valence-corrected chi connectivity index (χ0v) is 16.4. The molecule has 2 aromatic rings. The maximum absolute atomic E-state index is 15.0. The molecule has 3 unspecified atom stereocenters. The van der Waals surface area contributed by atoms with Crippen LogP contribution in [0.2, 0.25) is 0 Å². The third-order valence-corrected chi connectivity index (χ3v) is 6.35. The average Bonchev–Trinajstić information content (AvgIpc) is 3.19. The van der Waals surface area contributed by atoms with Crippen LogP contribution < -0.4 is 0 Å². The molecule has 0 saturated heterocycles. The van der Waals surface area contributed by atoms with Crippen molar-refractivity contribution in [2.24, 2.45) is 11.8 Å². The Morgan fingerprint density at radius 3 is 2.30 bits per heavy atom. The molecule has 0 nitrogen and oxygen atoms in total. The summed E-state index contributed by atoms with van der Waals surface area (Å²) in [7, 11) is 0. The minimum absolute atomic E-state index is 0.252. The normalized spacial score (nSPS) is 27.5. The molecule has 1 saturated carbocycles. The Balaban J connectivity index is 1.53. The Morgan fingerprint density at radius 2 is 1.57 bits per heavy atom. The summed E-state index contributed by atoms with van der Waals surface area (Å²) in [6, 6.07) is 12.6. The molecule has 0 aromatic heterocycles. The lowest BCUT2D eigenvalue weighted by atomic mass is 9.76. The molecule has 2 aromatic carbocycles. The van der Waals surface area contributed by atoms with E-state index in [0.717, 1.165) is 28.3 Å². The Bertz CT molecular complexity index is 1130. The lowest BCUT2D eigenvalue weighted by Gasteiger charge is -2.30.